The van der Waals surface area contributed by atoms with Gasteiger partial charge in [0.25, 0.3) is 0 Å². The first-order chi connectivity index (χ1) is 5.84. The van der Waals surface area contributed by atoms with Gasteiger partial charge in [-0.05, 0) is 37.5 Å². The van der Waals surface area contributed by atoms with Crippen molar-refractivity contribution in [2.45, 2.75) is 32.0 Å². The van der Waals surface area contributed by atoms with Crippen molar-refractivity contribution in [3.63, 3.8) is 0 Å². The van der Waals surface area contributed by atoms with E-state index in [0.29, 0.717) is 0 Å². The minimum atomic E-state index is -0.230. The van der Waals surface area contributed by atoms with E-state index in [1.54, 1.807) is 0 Å². The Hall–Kier alpha value is -0.0800. The summed E-state index contributed by atoms with van der Waals surface area (Å²) in [6.45, 7) is 5.49. The molecule has 0 aromatic heterocycles. The Bertz CT molecular complexity index is 123. The lowest BCUT2D eigenvalue weighted by Crippen LogP contribution is -2.16. The zero-order valence-corrected chi connectivity index (χ0v) is 7.50. The van der Waals surface area contributed by atoms with Gasteiger partial charge in [-0.25, -0.2) is 0 Å². The van der Waals surface area contributed by atoms with Crippen molar-refractivity contribution in [1.29, 1.82) is 0 Å². The van der Waals surface area contributed by atoms with Crippen molar-refractivity contribution in [2.24, 2.45) is 11.8 Å². The van der Waals surface area contributed by atoms with Gasteiger partial charge in [0.2, 0.25) is 0 Å². The second kappa shape index (κ2) is 3.75. The highest BCUT2D eigenvalue weighted by Gasteiger charge is 2.24. The molecule has 0 aliphatic heterocycles. The highest BCUT2D eigenvalue weighted by molar-refractivity contribution is 4.74. The summed E-state index contributed by atoms with van der Waals surface area (Å²) < 4.78 is 10.8. The lowest BCUT2D eigenvalue weighted by atomic mass is 10.4. The molecule has 2 aliphatic carbocycles. The van der Waals surface area contributed by atoms with Crippen molar-refractivity contribution < 1.29 is 9.47 Å². The summed E-state index contributed by atoms with van der Waals surface area (Å²) in [6, 6.07) is 0. The van der Waals surface area contributed by atoms with Crippen LogP contribution in [0.5, 0.6) is 0 Å². The second-order valence-electron chi connectivity index (χ2n) is 3.98. The van der Waals surface area contributed by atoms with E-state index in [4.69, 9.17) is 9.47 Å². The summed E-state index contributed by atoms with van der Waals surface area (Å²) in [5.74, 6) is 1.61. The zero-order valence-electron chi connectivity index (χ0n) is 7.50. The quantitative estimate of drug-likeness (QED) is 0.566. The Morgan fingerprint density at radius 2 is 1.42 bits per heavy atom. The molecule has 2 saturated carbocycles. The van der Waals surface area contributed by atoms with Crippen molar-refractivity contribution in [3.8, 4) is 0 Å². The molecular weight excluding hydrogens is 152 g/mol. The zero-order chi connectivity index (χ0) is 8.39. The van der Waals surface area contributed by atoms with E-state index in [-0.39, 0.29) is 6.29 Å². The van der Waals surface area contributed by atoms with Gasteiger partial charge < -0.3 is 9.47 Å². The normalized spacial score (nSPS) is 23.5. The fourth-order valence-corrected chi connectivity index (χ4v) is 1.10. The molecule has 2 nitrogen and oxygen atoms in total. The molecule has 2 fully saturated rings. The van der Waals surface area contributed by atoms with Gasteiger partial charge in [0.05, 0.1) is 13.2 Å². The maximum Gasteiger partial charge on any atom is 0.157 e. The fourth-order valence-electron chi connectivity index (χ4n) is 1.10. The van der Waals surface area contributed by atoms with E-state index in [2.05, 4.69) is 6.92 Å². The monoisotopic (exact) mass is 169 g/mol. The number of hydrogen-bond donors (Lipinski definition) is 0. The van der Waals surface area contributed by atoms with Crippen LogP contribution in [-0.2, 0) is 9.47 Å². The maximum atomic E-state index is 5.41. The summed E-state index contributed by atoms with van der Waals surface area (Å²) >= 11 is 0. The number of rotatable bonds is 6. The molecule has 0 spiro atoms. The van der Waals surface area contributed by atoms with E-state index < -0.39 is 0 Å². The Morgan fingerprint density at radius 3 is 1.75 bits per heavy atom. The average molecular weight is 169 g/mol. The molecule has 2 aliphatic rings. The average Bonchev–Trinajstić information content (AvgIpc) is 2.89. The molecule has 0 bridgehead atoms. The van der Waals surface area contributed by atoms with Crippen molar-refractivity contribution >= 4 is 0 Å². The van der Waals surface area contributed by atoms with E-state index in [0.717, 1.165) is 25.0 Å². The topological polar surface area (TPSA) is 18.5 Å². The minimum absolute atomic E-state index is 0.230. The first kappa shape index (κ1) is 8.52. The smallest absolute Gasteiger partial charge is 0.157 e. The van der Waals surface area contributed by atoms with Gasteiger partial charge in [-0.15, -0.1) is 0 Å². The molecule has 0 aromatic rings. The van der Waals surface area contributed by atoms with Gasteiger partial charge in [0.1, 0.15) is 0 Å². The lowest BCUT2D eigenvalue weighted by molar-refractivity contribution is -0.119. The largest absolute Gasteiger partial charge is 0.352 e. The Kier molecular flexibility index (Phi) is 2.66. The molecule has 12 heavy (non-hydrogen) atoms. The fraction of sp³-hybridized carbons (Fsp3) is 0.900. The maximum absolute atomic E-state index is 5.41. The van der Waals surface area contributed by atoms with Crippen molar-refractivity contribution in [3.05, 3.63) is 6.92 Å². The van der Waals surface area contributed by atoms with E-state index >= 15 is 0 Å². The van der Waals surface area contributed by atoms with Crippen LogP contribution in [0.2, 0.25) is 0 Å². The summed E-state index contributed by atoms with van der Waals surface area (Å²) in [5, 5.41) is 0. The molecule has 0 aromatic carbocycles. The highest BCUT2D eigenvalue weighted by Crippen LogP contribution is 2.30. The summed E-state index contributed by atoms with van der Waals surface area (Å²) in [6.07, 6.45) is 5.08. The van der Waals surface area contributed by atoms with Crippen LogP contribution in [0, 0.1) is 18.8 Å². The predicted octanol–water partition coefficient (Wildman–Crippen LogP) is 2.00. The van der Waals surface area contributed by atoms with Crippen LogP contribution in [0.4, 0.5) is 0 Å². The molecule has 1 radical (unpaired) electrons. The summed E-state index contributed by atoms with van der Waals surface area (Å²) in [7, 11) is 0. The molecule has 0 unspecified atom stereocenters. The van der Waals surface area contributed by atoms with E-state index in [1.165, 1.54) is 25.7 Å². The summed E-state index contributed by atoms with van der Waals surface area (Å²) in [5.41, 5.74) is 0. The lowest BCUT2D eigenvalue weighted by Gasteiger charge is -2.12. The predicted molar refractivity (Wildman–Crippen MR) is 46.5 cm³/mol. The minimum Gasteiger partial charge on any atom is -0.352 e. The van der Waals surface area contributed by atoms with Crippen LogP contribution in [0.1, 0.15) is 25.7 Å². The molecule has 69 valence electrons. The van der Waals surface area contributed by atoms with Crippen molar-refractivity contribution in [1.82, 2.24) is 0 Å². The molecule has 0 N–H and O–H groups in total. The third-order valence-electron chi connectivity index (χ3n) is 2.43. The van der Waals surface area contributed by atoms with Crippen LogP contribution in [0.25, 0.3) is 0 Å². The van der Waals surface area contributed by atoms with Crippen molar-refractivity contribution in [2.75, 3.05) is 13.2 Å². The van der Waals surface area contributed by atoms with Gasteiger partial charge in [0.15, 0.2) is 6.29 Å². The van der Waals surface area contributed by atoms with Crippen LogP contribution < -0.4 is 0 Å². The van der Waals surface area contributed by atoms with Crippen LogP contribution in [-0.4, -0.2) is 19.5 Å². The SMILES string of the molecule is [CH2]C(OCC1CC1)OCC1CC1. The molecule has 2 heteroatoms. The number of ether oxygens (including phenoxy) is 2. The van der Waals surface area contributed by atoms with Gasteiger partial charge in [-0.3, -0.25) is 0 Å². The van der Waals surface area contributed by atoms with E-state index in [9.17, 15) is 0 Å². The first-order valence-corrected chi connectivity index (χ1v) is 4.91. The number of hydrogen-bond acceptors (Lipinski definition) is 2. The standard InChI is InChI=1S/C10H17O2/c1-8(11-6-9-2-3-9)12-7-10-4-5-10/h8-10H,1-7H2. The third-order valence-corrected chi connectivity index (χ3v) is 2.43. The molecular formula is C10H17O2. The molecule has 0 heterocycles. The van der Waals surface area contributed by atoms with Gasteiger partial charge in [0, 0.05) is 6.92 Å². The summed E-state index contributed by atoms with van der Waals surface area (Å²) in [4.78, 5) is 0. The third kappa shape index (κ3) is 3.11. The van der Waals surface area contributed by atoms with E-state index in [1.807, 2.05) is 0 Å². The van der Waals surface area contributed by atoms with Crippen LogP contribution in [0.3, 0.4) is 0 Å². The molecule has 0 atom stereocenters. The Morgan fingerprint density at radius 1 is 1.00 bits per heavy atom. The first-order valence-electron chi connectivity index (χ1n) is 4.91. The molecule has 2 rings (SSSR count). The molecule has 0 saturated heterocycles. The van der Waals surface area contributed by atoms with Gasteiger partial charge in [-0.2, -0.15) is 0 Å². The Labute approximate surface area is 74.2 Å². The van der Waals surface area contributed by atoms with Crippen LogP contribution >= 0.6 is 0 Å². The van der Waals surface area contributed by atoms with Gasteiger partial charge >= 0.3 is 0 Å². The van der Waals surface area contributed by atoms with Gasteiger partial charge in [-0.1, -0.05) is 0 Å². The molecule has 0 amide bonds. The highest BCUT2D eigenvalue weighted by atomic mass is 16.7. The second-order valence-corrected chi connectivity index (χ2v) is 3.98. The van der Waals surface area contributed by atoms with Crippen LogP contribution in [0.15, 0.2) is 0 Å². The Balaban J connectivity index is 1.47.